The molecule has 3 amide bonds. The first-order valence-corrected chi connectivity index (χ1v) is 12.2. The largest absolute Gasteiger partial charge is 0.351 e. The maximum absolute atomic E-state index is 13.9. The van der Waals surface area contributed by atoms with Crippen molar-refractivity contribution in [3.05, 3.63) is 65.5 Å². The van der Waals surface area contributed by atoms with Crippen molar-refractivity contribution in [3.8, 4) is 0 Å². The summed E-state index contributed by atoms with van der Waals surface area (Å²) in [6, 6.07) is 12.9. The molecular formula is C25H27FN4O3S. The smallest absolute Gasteiger partial charge is 0.262 e. The first-order valence-electron chi connectivity index (χ1n) is 11.3. The Morgan fingerprint density at radius 2 is 1.91 bits per heavy atom. The Morgan fingerprint density at radius 3 is 2.68 bits per heavy atom. The maximum atomic E-state index is 13.9. The second-order valence-electron chi connectivity index (χ2n) is 8.47. The van der Waals surface area contributed by atoms with Gasteiger partial charge in [-0.3, -0.25) is 14.4 Å². The third kappa shape index (κ3) is 5.83. The standard InChI is InChI=1S/C25H27FN4O3S/c1-29(16-18-8-3-4-11-20(18)26)24(33)17-9-7-10-19(14-17)27-22(31)15-21-23(32)28-25(34-21)30-12-5-2-6-13-30/h3-4,7-11,14,21H,2,5-6,12-13,15-16H2,1H3,(H,27,31)/t21-/m0/s1. The zero-order valence-corrected chi connectivity index (χ0v) is 19.8. The van der Waals surface area contributed by atoms with E-state index in [-0.39, 0.29) is 36.5 Å². The van der Waals surface area contributed by atoms with E-state index in [1.165, 1.54) is 29.1 Å². The molecule has 2 aliphatic rings. The number of nitrogens with one attached hydrogen (secondary N) is 1. The summed E-state index contributed by atoms with van der Waals surface area (Å²) in [6.45, 7) is 1.91. The molecule has 34 heavy (non-hydrogen) atoms. The summed E-state index contributed by atoms with van der Waals surface area (Å²) in [5, 5.41) is 2.96. The molecule has 2 aromatic carbocycles. The van der Waals surface area contributed by atoms with E-state index in [9.17, 15) is 18.8 Å². The number of carbonyl (C=O) groups excluding carboxylic acids is 3. The van der Waals surface area contributed by atoms with Crippen LogP contribution in [0.3, 0.4) is 0 Å². The van der Waals surface area contributed by atoms with Gasteiger partial charge in [0.05, 0.1) is 0 Å². The molecule has 0 aromatic heterocycles. The van der Waals surface area contributed by atoms with Gasteiger partial charge in [-0.15, -0.1) is 0 Å². The van der Waals surface area contributed by atoms with Crippen LogP contribution >= 0.6 is 11.8 Å². The molecule has 0 spiro atoms. The maximum Gasteiger partial charge on any atom is 0.262 e. The Hall–Kier alpha value is -3.20. The number of halogens is 1. The second kappa shape index (κ2) is 10.8. The van der Waals surface area contributed by atoms with E-state index in [0.29, 0.717) is 22.0 Å². The van der Waals surface area contributed by atoms with Crippen LogP contribution in [-0.4, -0.2) is 58.1 Å². The highest BCUT2D eigenvalue weighted by molar-refractivity contribution is 8.15. The number of anilines is 1. The number of piperidine rings is 1. The Kier molecular flexibility index (Phi) is 7.62. The summed E-state index contributed by atoms with van der Waals surface area (Å²) in [4.78, 5) is 45.5. The zero-order chi connectivity index (χ0) is 24.1. The molecule has 4 rings (SSSR count). The minimum absolute atomic E-state index is 0.00962. The van der Waals surface area contributed by atoms with E-state index in [0.717, 1.165) is 25.9 Å². The number of amides is 3. The zero-order valence-electron chi connectivity index (χ0n) is 19.0. The lowest BCUT2D eigenvalue weighted by Crippen LogP contribution is -2.33. The summed E-state index contributed by atoms with van der Waals surface area (Å²) in [7, 11) is 1.60. The lowest BCUT2D eigenvalue weighted by molar-refractivity contribution is -0.121. The van der Waals surface area contributed by atoms with Crippen molar-refractivity contribution < 1.29 is 18.8 Å². The summed E-state index contributed by atoms with van der Waals surface area (Å²) < 4.78 is 13.9. The number of amidine groups is 1. The van der Waals surface area contributed by atoms with Crippen LogP contribution in [0.1, 0.15) is 41.6 Å². The highest BCUT2D eigenvalue weighted by Crippen LogP contribution is 2.29. The highest BCUT2D eigenvalue weighted by atomic mass is 32.2. The number of likely N-dealkylation sites (tertiary alicyclic amines) is 1. The summed E-state index contributed by atoms with van der Waals surface area (Å²) in [5.74, 6) is -1.25. The molecule has 0 unspecified atom stereocenters. The number of hydrogen-bond donors (Lipinski definition) is 1. The molecule has 1 fully saturated rings. The van der Waals surface area contributed by atoms with Crippen LogP contribution in [0.4, 0.5) is 10.1 Å². The molecule has 0 saturated carbocycles. The number of hydrogen-bond acceptors (Lipinski definition) is 5. The first-order chi connectivity index (χ1) is 16.4. The molecule has 1 N–H and O–H groups in total. The van der Waals surface area contributed by atoms with E-state index in [4.69, 9.17) is 0 Å². The van der Waals surface area contributed by atoms with Gasteiger partial charge in [0.25, 0.3) is 11.8 Å². The molecular weight excluding hydrogens is 455 g/mol. The van der Waals surface area contributed by atoms with Crippen LogP contribution in [0.2, 0.25) is 0 Å². The van der Waals surface area contributed by atoms with Crippen molar-refractivity contribution in [1.82, 2.24) is 9.80 Å². The molecule has 2 aromatic rings. The molecule has 0 radical (unpaired) electrons. The van der Waals surface area contributed by atoms with E-state index in [1.54, 1.807) is 49.5 Å². The minimum atomic E-state index is -0.534. The number of nitrogens with zero attached hydrogens (tertiary/aromatic N) is 3. The van der Waals surface area contributed by atoms with Crippen LogP contribution < -0.4 is 5.32 Å². The van der Waals surface area contributed by atoms with Gasteiger partial charge in [0.15, 0.2) is 5.17 Å². The molecule has 0 aliphatic carbocycles. The number of thioether (sulfide) groups is 1. The molecule has 178 valence electrons. The van der Waals surface area contributed by atoms with Crippen LogP contribution in [0.15, 0.2) is 53.5 Å². The molecule has 2 heterocycles. The fourth-order valence-electron chi connectivity index (χ4n) is 4.01. The first kappa shape index (κ1) is 23.9. The van der Waals surface area contributed by atoms with Crippen molar-refractivity contribution in [2.24, 2.45) is 4.99 Å². The van der Waals surface area contributed by atoms with E-state index < -0.39 is 5.25 Å². The Bertz CT molecular complexity index is 1120. The Balaban J connectivity index is 1.33. The van der Waals surface area contributed by atoms with Crippen molar-refractivity contribution in [1.29, 1.82) is 0 Å². The molecule has 1 saturated heterocycles. The predicted octanol–water partition coefficient (Wildman–Crippen LogP) is 3.91. The van der Waals surface area contributed by atoms with Gasteiger partial charge in [0.1, 0.15) is 11.1 Å². The minimum Gasteiger partial charge on any atom is -0.351 e. The van der Waals surface area contributed by atoms with Crippen molar-refractivity contribution >= 4 is 40.3 Å². The molecule has 7 nitrogen and oxygen atoms in total. The third-order valence-corrected chi connectivity index (χ3v) is 7.04. The topological polar surface area (TPSA) is 82.1 Å². The summed E-state index contributed by atoms with van der Waals surface area (Å²) in [5.41, 5.74) is 1.26. The molecule has 0 bridgehead atoms. The van der Waals surface area contributed by atoms with E-state index in [2.05, 4.69) is 15.2 Å². The Labute approximate surface area is 202 Å². The molecule has 1 atom stereocenters. The number of carbonyl (C=O) groups is 3. The van der Waals surface area contributed by atoms with Gasteiger partial charge in [0, 0.05) is 49.9 Å². The average Bonchev–Trinajstić information content (AvgIpc) is 3.20. The van der Waals surface area contributed by atoms with Crippen molar-refractivity contribution in [3.63, 3.8) is 0 Å². The SMILES string of the molecule is CN(Cc1ccccc1F)C(=O)c1cccc(NC(=O)C[C@@H]2SC(N3CCCCC3)=NC2=O)c1. The van der Waals surface area contributed by atoms with Gasteiger partial charge in [-0.2, -0.15) is 4.99 Å². The molecule has 9 heteroatoms. The van der Waals surface area contributed by atoms with Gasteiger partial charge in [0.2, 0.25) is 5.91 Å². The average molecular weight is 483 g/mol. The molecule has 2 aliphatic heterocycles. The van der Waals surface area contributed by atoms with Crippen LogP contribution in [-0.2, 0) is 16.1 Å². The third-order valence-electron chi connectivity index (χ3n) is 5.83. The monoisotopic (exact) mass is 482 g/mol. The van der Waals surface area contributed by atoms with E-state index in [1.807, 2.05) is 0 Å². The van der Waals surface area contributed by atoms with Crippen LogP contribution in [0, 0.1) is 5.82 Å². The lowest BCUT2D eigenvalue weighted by Gasteiger charge is -2.27. The fraction of sp³-hybridized carbons (Fsp3) is 0.360. The highest BCUT2D eigenvalue weighted by Gasteiger charge is 2.33. The van der Waals surface area contributed by atoms with Gasteiger partial charge >= 0.3 is 0 Å². The quantitative estimate of drug-likeness (QED) is 0.675. The second-order valence-corrected chi connectivity index (χ2v) is 9.64. The van der Waals surface area contributed by atoms with Gasteiger partial charge in [-0.1, -0.05) is 36.0 Å². The van der Waals surface area contributed by atoms with Gasteiger partial charge in [-0.05, 0) is 43.5 Å². The predicted molar refractivity (Wildman–Crippen MR) is 131 cm³/mol. The van der Waals surface area contributed by atoms with Crippen molar-refractivity contribution in [2.45, 2.75) is 37.5 Å². The fourth-order valence-corrected chi connectivity index (χ4v) is 5.13. The normalized spacial score (nSPS) is 17.9. The van der Waals surface area contributed by atoms with Crippen LogP contribution in [0.25, 0.3) is 0 Å². The van der Waals surface area contributed by atoms with Crippen LogP contribution in [0.5, 0.6) is 0 Å². The van der Waals surface area contributed by atoms with Gasteiger partial charge in [-0.25, -0.2) is 4.39 Å². The van der Waals surface area contributed by atoms with Crippen molar-refractivity contribution in [2.75, 3.05) is 25.5 Å². The number of benzene rings is 2. The van der Waals surface area contributed by atoms with E-state index >= 15 is 0 Å². The Morgan fingerprint density at radius 1 is 1.15 bits per heavy atom. The van der Waals surface area contributed by atoms with Gasteiger partial charge < -0.3 is 15.1 Å². The summed E-state index contributed by atoms with van der Waals surface area (Å²) in [6.07, 6.45) is 3.37. The number of aliphatic imine (C=N–C) groups is 1. The summed E-state index contributed by atoms with van der Waals surface area (Å²) >= 11 is 1.35. The lowest BCUT2D eigenvalue weighted by atomic mass is 10.1. The number of rotatable bonds is 6.